The number of aryl methyl sites for hydroxylation is 1. The van der Waals surface area contributed by atoms with Crippen LogP contribution in [-0.2, 0) is 4.79 Å². The highest BCUT2D eigenvalue weighted by molar-refractivity contribution is 5.93. The molecular weight excluding hydrogens is 302 g/mol. The molecule has 5 heteroatoms. The van der Waals surface area contributed by atoms with E-state index in [9.17, 15) is 4.79 Å². The van der Waals surface area contributed by atoms with Gasteiger partial charge in [-0.1, -0.05) is 6.07 Å². The van der Waals surface area contributed by atoms with Crippen LogP contribution in [0.5, 0.6) is 5.75 Å². The lowest BCUT2D eigenvalue weighted by molar-refractivity contribution is -0.117. The third kappa shape index (κ3) is 4.28. The Morgan fingerprint density at radius 2 is 2.04 bits per heavy atom. The molecule has 1 aromatic rings. The van der Waals surface area contributed by atoms with Crippen LogP contribution in [0.3, 0.4) is 0 Å². The van der Waals surface area contributed by atoms with E-state index >= 15 is 0 Å². The van der Waals surface area contributed by atoms with Gasteiger partial charge in [0.1, 0.15) is 5.75 Å². The number of likely N-dealkylation sites (tertiary alicyclic amines) is 2. The molecule has 2 aliphatic heterocycles. The first-order chi connectivity index (χ1) is 11.7. The lowest BCUT2D eigenvalue weighted by atomic mass is 10.2. The molecule has 24 heavy (non-hydrogen) atoms. The van der Waals surface area contributed by atoms with Crippen molar-refractivity contribution in [1.29, 1.82) is 0 Å². The van der Waals surface area contributed by atoms with Crippen LogP contribution in [0.4, 0.5) is 5.69 Å². The Morgan fingerprint density at radius 1 is 1.25 bits per heavy atom. The molecule has 0 spiro atoms. The molecule has 3 rings (SSSR count). The number of nitrogens with zero attached hydrogens (tertiary/aromatic N) is 2. The molecule has 1 amide bonds. The number of anilines is 1. The van der Waals surface area contributed by atoms with Gasteiger partial charge in [0.15, 0.2) is 0 Å². The number of hydrogen-bond acceptors (Lipinski definition) is 4. The summed E-state index contributed by atoms with van der Waals surface area (Å²) in [6, 6.07) is 6.37. The van der Waals surface area contributed by atoms with E-state index in [1.54, 1.807) is 7.11 Å². The highest BCUT2D eigenvalue weighted by Crippen LogP contribution is 2.26. The van der Waals surface area contributed by atoms with Crippen LogP contribution in [-0.4, -0.2) is 61.6 Å². The lowest BCUT2D eigenvalue weighted by Crippen LogP contribution is -2.42. The Morgan fingerprint density at radius 3 is 2.79 bits per heavy atom. The first kappa shape index (κ1) is 17.2. The van der Waals surface area contributed by atoms with Crippen molar-refractivity contribution in [2.24, 2.45) is 0 Å². The average molecular weight is 331 g/mol. The summed E-state index contributed by atoms with van der Waals surface area (Å²) in [6.45, 7) is 7.06. The zero-order valence-corrected chi connectivity index (χ0v) is 14.9. The van der Waals surface area contributed by atoms with Gasteiger partial charge in [-0.3, -0.25) is 9.69 Å². The third-order valence-electron chi connectivity index (χ3n) is 5.14. The van der Waals surface area contributed by atoms with Gasteiger partial charge in [-0.05, 0) is 69.9 Å². The van der Waals surface area contributed by atoms with E-state index in [-0.39, 0.29) is 5.91 Å². The molecule has 0 aliphatic carbocycles. The minimum Gasteiger partial charge on any atom is -0.495 e. The Kier molecular flexibility index (Phi) is 5.74. The number of ether oxygens (including phenoxy) is 1. The minimum atomic E-state index is 0.0484. The fourth-order valence-electron chi connectivity index (χ4n) is 3.87. The van der Waals surface area contributed by atoms with Gasteiger partial charge < -0.3 is 15.0 Å². The minimum absolute atomic E-state index is 0.0484. The van der Waals surface area contributed by atoms with Crippen molar-refractivity contribution in [3.05, 3.63) is 23.8 Å². The number of rotatable bonds is 6. The molecule has 0 aromatic heterocycles. The number of methoxy groups -OCH3 is 1. The van der Waals surface area contributed by atoms with E-state index in [0.29, 0.717) is 18.3 Å². The van der Waals surface area contributed by atoms with Crippen LogP contribution < -0.4 is 10.1 Å². The normalized spacial score (nSPS) is 22.0. The van der Waals surface area contributed by atoms with Crippen molar-refractivity contribution in [1.82, 2.24) is 9.80 Å². The van der Waals surface area contributed by atoms with Gasteiger partial charge in [0.05, 0.1) is 19.3 Å². The third-order valence-corrected chi connectivity index (χ3v) is 5.14. The maximum Gasteiger partial charge on any atom is 0.238 e. The highest BCUT2D eigenvalue weighted by atomic mass is 16.5. The number of hydrogen-bond donors (Lipinski definition) is 1. The number of benzene rings is 1. The summed E-state index contributed by atoms with van der Waals surface area (Å²) >= 11 is 0. The second kappa shape index (κ2) is 7.99. The molecule has 2 fully saturated rings. The monoisotopic (exact) mass is 331 g/mol. The molecule has 0 radical (unpaired) electrons. The highest BCUT2D eigenvalue weighted by Gasteiger charge is 2.28. The number of amides is 1. The Hall–Kier alpha value is -1.59. The quantitative estimate of drug-likeness (QED) is 0.870. The largest absolute Gasteiger partial charge is 0.495 e. The van der Waals surface area contributed by atoms with Crippen LogP contribution in [0.1, 0.15) is 31.2 Å². The van der Waals surface area contributed by atoms with E-state index < -0.39 is 0 Å². The van der Waals surface area contributed by atoms with Crippen LogP contribution in [0.2, 0.25) is 0 Å². The summed E-state index contributed by atoms with van der Waals surface area (Å²) in [4.78, 5) is 17.4. The molecule has 0 saturated carbocycles. The first-order valence-electron chi connectivity index (χ1n) is 9.06. The Bertz CT molecular complexity index is 570. The summed E-state index contributed by atoms with van der Waals surface area (Å²) in [7, 11) is 1.63. The second-order valence-electron chi connectivity index (χ2n) is 7.03. The average Bonchev–Trinajstić information content (AvgIpc) is 3.21. The topological polar surface area (TPSA) is 44.8 Å². The number of nitrogens with one attached hydrogen (secondary N) is 1. The van der Waals surface area contributed by atoms with Gasteiger partial charge in [0, 0.05) is 12.6 Å². The lowest BCUT2D eigenvalue weighted by Gasteiger charge is -2.28. The molecule has 1 aromatic carbocycles. The molecule has 1 N–H and O–H groups in total. The molecular formula is C19H29N3O2. The van der Waals surface area contributed by atoms with Crippen LogP contribution in [0.25, 0.3) is 0 Å². The second-order valence-corrected chi connectivity index (χ2v) is 7.03. The first-order valence-corrected chi connectivity index (χ1v) is 9.06. The standard InChI is InChI=1S/C19H29N3O2/c1-15-7-8-18(24-2)17(12-15)20-19(23)14-22-11-5-6-16(22)13-21-9-3-4-10-21/h7-8,12,16H,3-6,9-11,13-14H2,1-2H3,(H,20,23)/t16-/m0/s1. The summed E-state index contributed by atoms with van der Waals surface area (Å²) < 4.78 is 5.35. The van der Waals surface area contributed by atoms with E-state index in [4.69, 9.17) is 4.74 Å². The predicted octanol–water partition coefficient (Wildman–Crippen LogP) is 2.50. The van der Waals surface area contributed by atoms with E-state index in [1.807, 2.05) is 25.1 Å². The van der Waals surface area contributed by atoms with Crippen molar-refractivity contribution in [2.75, 3.05) is 45.2 Å². The SMILES string of the molecule is COc1ccc(C)cc1NC(=O)CN1CCC[C@H]1CN1CCCC1. The van der Waals surface area contributed by atoms with Crippen LogP contribution >= 0.6 is 0 Å². The molecule has 2 heterocycles. The van der Waals surface area contributed by atoms with E-state index in [0.717, 1.165) is 24.3 Å². The van der Waals surface area contributed by atoms with Crippen LogP contribution in [0.15, 0.2) is 18.2 Å². The zero-order valence-electron chi connectivity index (χ0n) is 14.9. The number of carbonyl (C=O) groups excluding carboxylic acids is 1. The summed E-state index contributed by atoms with van der Waals surface area (Å²) in [5, 5.41) is 3.02. The molecule has 0 unspecified atom stereocenters. The van der Waals surface area contributed by atoms with Gasteiger partial charge in [0.2, 0.25) is 5.91 Å². The van der Waals surface area contributed by atoms with Gasteiger partial charge in [-0.25, -0.2) is 0 Å². The van der Waals surface area contributed by atoms with Crippen molar-refractivity contribution >= 4 is 11.6 Å². The smallest absolute Gasteiger partial charge is 0.238 e. The van der Waals surface area contributed by atoms with Crippen LogP contribution in [0, 0.1) is 6.92 Å². The molecule has 2 saturated heterocycles. The van der Waals surface area contributed by atoms with Gasteiger partial charge in [-0.2, -0.15) is 0 Å². The van der Waals surface area contributed by atoms with Crippen molar-refractivity contribution < 1.29 is 9.53 Å². The molecule has 2 aliphatic rings. The molecule has 132 valence electrons. The van der Waals surface area contributed by atoms with Crippen molar-refractivity contribution in [2.45, 2.75) is 38.6 Å². The zero-order chi connectivity index (χ0) is 16.9. The van der Waals surface area contributed by atoms with Crippen molar-refractivity contribution in [3.63, 3.8) is 0 Å². The fraction of sp³-hybridized carbons (Fsp3) is 0.632. The van der Waals surface area contributed by atoms with Gasteiger partial charge >= 0.3 is 0 Å². The summed E-state index contributed by atoms with van der Waals surface area (Å²) in [5.41, 5.74) is 1.87. The van der Waals surface area contributed by atoms with Gasteiger partial charge in [-0.15, -0.1) is 0 Å². The molecule has 5 nitrogen and oxygen atoms in total. The maximum atomic E-state index is 12.5. The maximum absolute atomic E-state index is 12.5. The van der Waals surface area contributed by atoms with Gasteiger partial charge in [0.25, 0.3) is 0 Å². The predicted molar refractivity (Wildman–Crippen MR) is 96.6 cm³/mol. The molecule has 1 atom stereocenters. The summed E-state index contributed by atoms with van der Waals surface area (Å²) in [6.07, 6.45) is 5.04. The van der Waals surface area contributed by atoms with E-state index in [2.05, 4.69) is 15.1 Å². The summed E-state index contributed by atoms with van der Waals surface area (Å²) in [5.74, 6) is 0.760. The molecule has 0 bridgehead atoms. The number of carbonyl (C=O) groups is 1. The Labute approximate surface area is 145 Å². The van der Waals surface area contributed by atoms with Crippen molar-refractivity contribution in [3.8, 4) is 5.75 Å². The Balaban J connectivity index is 1.56. The fourth-order valence-corrected chi connectivity index (χ4v) is 3.87. The van der Waals surface area contributed by atoms with E-state index in [1.165, 1.54) is 38.8 Å².